The van der Waals surface area contributed by atoms with Crippen molar-refractivity contribution in [1.82, 2.24) is 15.1 Å². The van der Waals surface area contributed by atoms with Crippen molar-refractivity contribution < 1.29 is 0 Å². The molecule has 0 fully saturated rings. The van der Waals surface area contributed by atoms with E-state index in [-0.39, 0.29) is 0 Å². The van der Waals surface area contributed by atoms with Crippen LogP contribution in [0, 0.1) is 0 Å². The number of aromatic nitrogens is 2. The van der Waals surface area contributed by atoms with E-state index >= 15 is 0 Å². The van der Waals surface area contributed by atoms with E-state index in [1.54, 1.807) is 0 Å². The summed E-state index contributed by atoms with van der Waals surface area (Å²) in [4.78, 5) is 0. The SMILES string of the molecule is CCCNC(C=C(C)C)c1cn(C)nc1CC. The molecule has 1 atom stereocenters. The molecule has 17 heavy (non-hydrogen) atoms. The van der Waals surface area contributed by atoms with Crippen LogP contribution in [-0.4, -0.2) is 16.3 Å². The van der Waals surface area contributed by atoms with Gasteiger partial charge in [-0.25, -0.2) is 0 Å². The fraction of sp³-hybridized carbons (Fsp3) is 0.643. The maximum Gasteiger partial charge on any atom is 0.0672 e. The third kappa shape index (κ3) is 4.00. The number of rotatable bonds is 6. The van der Waals surface area contributed by atoms with Crippen LogP contribution >= 0.6 is 0 Å². The molecule has 0 aliphatic rings. The second-order valence-electron chi connectivity index (χ2n) is 4.73. The molecular formula is C14H25N3. The molecule has 0 saturated heterocycles. The number of hydrogen-bond acceptors (Lipinski definition) is 2. The normalized spacial score (nSPS) is 12.5. The molecule has 3 nitrogen and oxygen atoms in total. The van der Waals surface area contributed by atoms with E-state index in [1.165, 1.54) is 16.8 Å². The van der Waals surface area contributed by atoms with E-state index in [1.807, 2.05) is 11.7 Å². The predicted molar refractivity (Wildman–Crippen MR) is 73.1 cm³/mol. The van der Waals surface area contributed by atoms with Gasteiger partial charge in [-0.05, 0) is 33.2 Å². The van der Waals surface area contributed by atoms with Gasteiger partial charge < -0.3 is 5.32 Å². The van der Waals surface area contributed by atoms with Crippen molar-refractivity contribution in [1.29, 1.82) is 0 Å². The summed E-state index contributed by atoms with van der Waals surface area (Å²) in [6.45, 7) is 9.67. The fourth-order valence-corrected chi connectivity index (χ4v) is 1.98. The Labute approximate surface area is 105 Å². The second-order valence-corrected chi connectivity index (χ2v) is 4.73. The van der Waals surface area contributed by atoms with E-state index in [4.69, 9.17) is 0 Å². The summed E-state index contributed by atoms with van der Waals surface area (Å²) in [5.41, 5.74) is 3.84. The minimum Gasteiger partial charge on any atom is -0.307 e. The van der Waals surface area contributed by atoms with Gasteiger partial charge in [-0.15, -0.1) is 0 Å². The summed E-state index contributed by atoms with van der Waals surface area (Å²) in [6, 6.07) is 0.295. The smallest absolute Gasteiger partial charge is 0.0672 e. The van der Waals surface area contributed by atoms with Crippen molar-refractivity contribution in [3.05, 3.63) is 29.1 Å². The van der Waals surface area contributed by atoms with Crippen LogP contribution in [0.4, 0.5) is 0 Å². The minimum atomic E-state index is 0.295. The predicted octanol–water partition coefficient (Wildman–Crippen LogP) is 2.99. The van der Waals surface area contributed by atoms with Gasteiger partial charge in [-0.1, -0.05) is 25.5 Å². The Hall–Kier alpha value is -1.09. The van der Waals surface area contributed by atoms with Crippen molar-refractivity contribution in [2.45, 2.75) is 46.6 Å². The van der Waals surface area contributed by atoms with E-state index in [0.717, 1.165) is 19.4 Å². The van der Waals surface area contributed by atoms with Gasteiger partial charge in [0.25, 0.3) is 0 Å². The molecule has 0 amide bonds. The highest BCUT2D eigenvalue weighted by molar-refractivity contribution is 5.26. The Morgan fingerprint density at radius 2 is 2.18 bits per heavy atom. The van der Waals surface area contributed by atoms with Crippen molar-refractivity contribution in [2.24, 2.45) is 7.05 Å². The Morgan fingerprint density at radius 1 is 1.47 bits per heavy atom. The molecule has 96 valence electrons. The van der Waals surface area contributed by atoms with Gasteiger partial charge in [-0.3, -0.25) is 4.68 Å². The molecule has 0 spiro atoms. The van der Waals surface area contributed by atoms with Crippen molar-refractivity contribution in [3.8, 4) is 0 Å². The lowest BCUT2D eigenvalue weighted by atomic mass is 10.0. The molecular weight excluding hydrogens is 210 g/mol. The van der Waals surface area contributed by atoms with E-state index < -0.39 is 0 Å². The zero-order chi connectivity index (χ0) is 12.8. The minimum absolute atomic E-state index is 0.295. The molecule has 0 radical (unpaired) electrons. The number of nitrogens with one attached hydrogen (secondary N) is 1. The first-order chi connectivity index (χ1) is 8.08. The highest BCUT2D eigenvalue weighted by atomic mass is 15.3. The van der Waals surface area contributed by atoms with Crippen molar-refractivity contribution in [2.75, 3.05) is 6.54 Å². The monoisotopic (exact) mass is 235 g/mol. The van der Waals surface area contributed by atoms with Crippen LogP contribution in [0.25, 0.3) is 0 Å². The first-order valence-corrected chi connectivity index (χ1v) is 6.49. The lowest BCUT2D eigenvalue weighted by molar-refractivity contribution is 0.606. The molecule has 1 N–H and O–H groups in total. The summed E-state index contributed by atoms with van der Waals surface area (Å²) in [5, 5.41) is 8.09. The number of aryl methyl sites for hydroxylation is 2. The average molecular weight is 235 g/mol. The third-order valence-corrected chi connectivity index (χ3v) is 2.72. The van der Waals surface area contributed by atoms with Crippen molar-refractivity contribution in [3.63, 3.8) is 0 Å². The first-order valence-electron chi connectivity index (χ1n) is 6.49. The second kappa shape index (κ2) is 6.60. The van der Waals surface area contributed by atoms with Crippen LogP contribution in [0.3, 0.4) is 0 Å². The Kier molecular flexibility index (Phi) is 5.42. The Bertz CT molecular complexity index is 373. The summed E-state index contributed by atoms with van der Waals surface area (Å²) in [6.07, 6.45) is 6.54. The number of hydrogen-bond donors (Lipinski definition) is 1. The van der Waals surface area contributed by atoms with Crippen molar-refractivity contribution >= 4 is 0 Å². The first kappa shape index (κ1) is 14.0. The molecule has 1 aromatic rings. The summed E-state index contributed by atoms with van der Waals surface area (Å²) in [7, 11) is 1.99. The molecule has 0 saturated carbocycles. The zero-order valence-electron chi connectivity index (χ0n) is 11.7. The third-order valence-electron chi connectivity index (χ3n) is 2.72. The van der Waals surface area contributed by atoms with Crippen LogP contribution in [0.15, 0.2) is 17.8 Å². The standard InChI is InChI=1S/C14H25N3/c1-6-8-15-14(9-11(3)4)12-10-17(5)16-13(12)7-2/h9-10,14-15H,6-8H2,1-5H3. The Morgan fingerprint density at radius 3 is 2.71 bits per heavy atom. The van der Waals surface area contributed by atoms with Gasteiger partial charge >= 0.3 is 0 Å². The topological polar surface area (TPSA) is 29.9 Å². The molecule has 0 bridgehead atoms. The lowest BCUT2D eigenvalue weighted by Crippen LogP contribution is -2.21. The van der Waals surface area contributed by atoms with Gasteiger partial charge in [0, 0.05) is 18.8 Å². The molecule has 0 aromatic carbocycles. The molecule has 3 heteroatoms. The van der Waals surface area contributed by atoms with E-state index in [2.05, 4.69) is 50.4 Å². The quantitative estimate of drug-likeness (QED) is 0.768. The lowest BCUT2D eigenvalue weighted by Gasteiger charge is -2.15. The van der Waals surface area contributed by atoms with E-state index in [0.29, 0.717) is 6.04 Å². The molecule has 0 aliphatic carbocycles. The van der Waals surface area contributed by atoms with Gasteiger partial charge in [0.15, 0.2) is 0 Å². The average Bonchev–Trinajstić information content (AvgIpc) is 2.65. The molecule has 1 aromatic heterocycles. The summed E-state index contributed by atoms with van der Waals surface area (Å²) in [5.74, 6) is 0. The van der Waals surface area contributed by atoms with Crippen LogP contribution in [0.1, 0.15) is 51.4 Å². The van der Waals surface area contributed by atoms with Crippen LogP contribution in [-0.2, 0) is 13.5 Å². The number of allylic oxidation sites excluding steroid dienone is 1. The molecule has 0 aliphatic heterocycles. The summed E-state index contributed by atoms with van der Waals surface area (Å²) >= 11 is 0. The molecule has 1 heterocycles. The fourth-order valence-electron chi connectivity index (χ4n) is 1.98. The highest BCUT2D eigenvalue weighted by Crippen LogP contribution is 2.20. The van der Waals surface area contributed by atoms with Gasteiger partial charge in [0.1, 0.15) is 0 Å². The van der Waals surface area contributed by atoms with E-state index in [9.17, 15) is 0 Å². The van der Waals surface area contributed by atoms with Crippen LogP contribution < -0.4 is 5.32 Å². The highest BCUT2D eigenvalue weighted by Gasteiger charge is 2.14. The zero-order valence-corrected chi connectivity index (χ0v) is 11.7. The number of nitrogens with zero attached hydrogens (tertiary/aromatic N) is 2. The van der Waals surface area contributed by atoms with Gasteiger partial charge in [0.05, 0.1) is 11.7 Å². The van der Waals surface area contributed by atoms with Gasteiger partial charge in [-0.2, -0.15) is 5.10 Å². The summed E-state index contributed by atoms with van der Waals surface area (Å²) < 4.78 is 1.91. The largest absolute Gasteiger partial charge is 0.307 e. The van der Waals surface area contributed by atoms with Crippen LogP contribution in [0.2, 0.25) is 0 Å². The molecule has 1 unspecified atom stereocenters. The molecule has 1 rings (SSSR count). The van der Waals surface area contributed by atoms with Gasteiger partial charge in [0.2, 0.25) is 0 Å². The maximum atomic E-state index is 4.51. The Balaban J connectivity index is 2.98. The maximum absolute atomic E-state index is 4.51. The van der Waals surface area contributed by atoms with Crippen LogP contribution in [0.5, 0.6) is 0 Å².